The van der Waals surface area contributed by atoms with E-state index in [2.05, 4.69) is 5.10 Å². The topological polar surface area (TPSA) is 74.9 Å². The highest BCUT2D eigenvalue weighted by Gasteiger charge is 2.29. The van der Waals surface area contributed by atoms with Crippen molar-refractivity contribution in [2.24, 2.45) is 5.10 Å². The van der Waals surface area contributed by atoms with E-state index in [0.717, 1.165) is 5.56 Å². The summed E-state index contributed by atoms with van der Waals surface area (Å²) in [5, 5.41) is 15.0. The van der Waals surface area contributed by atoms with Crippen LogP contribution in [0.3, 0.4) is 0 Å². The smallest absolute Gasteiger partial charge is 0.280 e. The lowest BCUT2D eigenvalue weighted by Gasteiger charge is -2.12. The van der Waals surface area contributed by atoms with Crippen LogP contribution >= 0.6 is 23.2 Å². The number of methoxy groups -OCH3 is 1. The monoisotopic (exact) mass is 415 g/mol. The Hall–Kier alpha value is -3.01. The van der Waals surface area contributed by atoms with Gasteiger partial charge in [0.1, 0.15) is 6.07 Å². The van der Waals surface area contributed by atoms with E-state index in [1.807, 2.05) is 6.07 Å². The lowest BCUT2D eigenvalue weighted by molar-refractivity contribution is -0.114. The van der Waals surface area contributed by atoms with Gasteiger partial charge in [-0.05, 0) is 48.9 Å². The number of hydrogen-bond donors (Lipinski definition) is 0. The minimum Gasteiger partial charge on any atom is -0.493 e. The molecule has 0 aliphatic carbocycles. The van der Waals surface area contributed by atoms with Crippen molar-refractivity contribution in [1.29, 1.82) is 5.26 Å². The maximum atomic E-state index is 12.9. The van der Waals surface area contributed by atoms with Crippen molar-refractivity contribution < 1.29 is 14.3 Å². The van der Waals surface area contributed by atoms with Gasteiger partial charge in [-0.25, -0.2) is 0 Å². The average Bonchev–Trinajstić information content (AvgIpc) is 2.97. The maximum absolute atomic E-state index is 12.9. The number of halogens is 2. The number of amides is 1. The number of anilines is 1. The first-order valence-electron chi connectivity index (χ1n) is 8.19. The molecule has 28 heavy (non-hydrogen) atoms. The van der Waals surface area contributed by atoms with E-state index >= 15 is 0 Å². The minimum absolute atomic E-state index is 0.0837. The average molecular weight is 416 g/mol. The van der Waals surface area contributed by atoms with Gasteiger partial charge in [0, 0.05) is 0 Å². The van der Waals surface area contributed by atoms with Gasteiger partial charge in [-0.2, -0.15) is 15.4 Å². The molecule has 0 atom stereocenters. The predicted molar refractivity (Wildman–Crippen MR) is 109 cm³/mol. The van der Waals surface area contributed by atoms with Crippen molar-refractivity contribution in [1.82, 2.24) is 0 Å². The Bertz CT molecular complexity index is 1040. The van der Waals surface area contributed by atoms with Crippen LogP contribution < -0.4 is 14.5 Å². The number of hydrogen-bond acceptors (Lipinski definition) is 5. The molecule has 1 aliphatic rings. The zero-order chi connectivity index (χ0) is 20.3. The van der Waals surface area contributed by atoms with Crippen molar-refractivity contribution in [3.8, 4) is 17.6 Å². The Morgan fingerprint density at radius 1 is 1.18 bits per heavy atom. The summed E-state index contributed by atoms with van der Waals surface area (Å²) < 4.78 is 10.6. The molecule has 2 aromatic carbocycles. The Morgan fingerprint density at radius 2 is 1.96 bits per heavy atom. The summed E-state index contributed by atoms with van der Waals surface area (Å²) >= 11 is 12.0. The van der Waals surface area contributed by atoms with Crippen LogP contribution in [0.5, 0.6) is 11.5 Å². The first-order valence-corrected chi connectivity index (χ1v) is 8.94. The summed E-state index contributed by atoms with van der Waals surface area (Å²) in [5.41, 5.74) is 2.27. The lowest BCUT2D eigenvalue weighted by atomic mass is 10.1. The van der Waals surface area contributed by atoms with Gasteiger partial charge in [0.2, 0.25) is 0 Å². The summed E-state index contributed by atoms with van der Waals surface area (Å²) in [7, 11) is 1.50. The molecular weight excluding hydrogens is 401 g/mol. The highest BCUT2D eigenvalue weighted by atomic mass is 35.5. The van der Waals surface area contributed by atoms with E-state index in [4.69, 9.17) is 37.9 Å². The van der Waals surface area contributed by atoms with Crippen LogP contribution in [-0.4, -0.2) is 25.3 Å². The number of rotatable bonds is 5. The van der Waals surface area contributed by atoms with E-state index in [1.165, 1.54) is 12.1 Å². The largest absolute Gasteiger partial charge is 0.493 e. The second-order valence-electron chi connectivity index (χ2n) is 5.82. The molecule has 0 bridgehead atoms. The minimum atomic E-state index is -0.278. The SMILES string of the molecule is COc1cc(C=C2C(=O)N(c3ccc(Cl)c(Cl)c3)N=C2C)ccc1OCC#N. The molecule has 1 aliphatic heterocycles. The summed E-state index contributed by atoms with van der Waals surface area (Å²) in [5.74, 6) is 0.636. The fourth-order valence-corrected chi connectivity index (χ4v) is 2.94. The van der Waals surface area contributed by atoms with E-state index in [1.54, 1.807) is 49.4 Å². The molecule has 0 saturated carbocycles. The number of nitriles is 1. The zero-order valence-electron chi connectivity index (χ0n) is 15.1. The maximum Gasteiger partial charge on any atom is 0.280 e. The quantitative estimate of drug-likeness (QED) is 0.662. The fraction of sp³-hybridized carbons (Fsp3) is 0.150. The zero-order valence-corrected chi connectivity index (χ0v) is 16.6. The molecule has 0 aromatic heterocycles. The third kappa shape index (κ3) is 3.96. The van der Waals surface area contributed by atoms with E-state index in [9.17, 15) is 4.79 Å². The van der Waals surface area contributed by atoms with Crippen LogP contribution in [0.4, 0.5) is 5.69 Å². The van der Waals surface area contributed by atoms with Crippen LogP contribution in [0, 0.1) is 11.3 Å². The number of carbonyl (C=O) groups excluding carboxylic acids is 1. The fourth-order valence-electron chi connectivity index (χ4n) is 2.65. The molecule has 1 amide bonds. The first-order chi connectivity index (χ1) is 13.4. The number of hydrazone groups is 1. The van der Waals surface area contributed by atoms with Crippen molar-refractivity contribution >= 4 is 46.6 Å². The van der Waals surface area contributed by atoms with Crippen LogP contribution in [0.15, 0.2) is 47.1 Å². The molecular formula is C20H15Cl2N3O3. The summed E-state index contributed by atoms with van der Waals surface area (Å²) in [6.07, 6.45) is 1.72. The molecule has 0 saturated heterocycles. The van der Waals surface area contributed by atoms with Gasteiger partial charge in [0.25, 0.3) is 5.91 Å². The summed E-state index contributed by atoms with van der Waals surface area (Å²) in [4.78, 5) is 12.9. The Morgan fingerprint density at radius 3 is 2.64 bits per heavy atom. The van der Waals surface area contributed by atoms with E-state index in [0.29, 0.717) is 38.5 Å². The molecule has 0 fully saturated rings. The number of carbonyl (C=O) groups is 1. The van der Waals surface area contributed by atoms with Gasteiger partial charge in [-0.3, -0.25) is 4.79 Å². The normalized spacial score (nSPS) is 14.8. The first kappa shape index (κ1) is 19.7. The van der Waals surface area contributed by atoms with Gasteiger partial charge < -0.3 is 9.47 Å². The molecule has 0 radical (unpaired) electrons. The molecule has 8 heteroatoms. The third-order valence-corrected chi connectivity index (χ3v) is 4.74. The number of benzene rings is 2. The highest BCUT2D eigenvalue weighted by Crippen LogP contribution is 2.32. The van der Waals surface area contributed by atoms with Crippen LogP contribution in [0.1, 0.15) is 12.5 Å². The Labute approximate surface area is 172 Å². The molecule has 142 valence electrons. The Balaban J connectivity index is 1.91. The number of ether oxygens (including phenoxy) is 2. The highest BCUT2D eigenvalue weighted by molar-refractivity contribution is 6.42. The predicted octanol–water partition coefficient (Wildman–Crippen LogP) is 4.71. The van der Waals surface area contributed by atoms with Gasteiger partial charge in [-0.15, -0.1) is 0 Å². The van der Waals surface area contributed by atoms with Gasteiger partial charge in [-0.1, -0.05) is 29.3 Å². The molecule has 2 aromatic rings. The standard InChI is InChI=1S/C20H15Cl2N3O3/c1-12-15(9-13-3-6-18(28-8-7-23)19(10-13)27-2)20(26)25(24-12)14-4-5-16(21)17(22)11-14/h3-6,9-11H,8H2,1-2H3. The van der Waals surface area contributed by atoms with Gasteiger partial charge in [0.15, 0.2) is 18.1 Å². The van der Waals surface area contributed by atoms with E-state index in [-0.39, 0.29) is 12.5 Å². The van der Waals surface area contributed by atoms with Crippen molar-refractivity contribution in [3.05, 3.63) is 57.6 Å². The second-order valence-corrected chi connectivity index (χ2v) is 6.63. The summed E-state index contributed by atoms with van der Waals surface area (Å²) in [6.45, 7) is 1.67. The molecule has 0 N–H and O–H groups in total. The lowest BCUT2D eigenvalue weighted by Crippen LogP contribution is -2.21. The molecule has 6 nitrogen and oxygen atoms in total. The van der Waals surface area contributed by atoms with Gasteiger partial charge >= 0.3 is 0 Å². The van der Waals surface area contributed by atoms with Crippen LogP contribution in [0.2, 0.25) is 10.0 Å². The summed E-state index contributed by atoms with van der Waals surface area (Å²) in [6, 6.07) is 12.0. The number of nitrogens with zero attached hydrogens (tertiary/aromatic N) is 3. The molecule has 0 unspecified atom stereocenters. The van der Waals surface area contributed by atoms with Crippen LogP contribution in [-0.2, 0) is 4.79 Å². The van der Waals surface area contributed by atoms with Gasteiger partial charge in [0.05, 0.1) is 34.1 Å². The van der Waals surface area contributed by atoms with Crippen molar-refractivity contribution in [3.63, 3.8) is 0 Å². The van der Waals surface area contributed by atoms with Crippen LogP contribution in [0.25, 0.3) is 6.08 Å². The Kier molecular flexibility index (Phi) is 5.88. The van der Waals surface area contributed by atoms with E-state index < -0.39 is 0 Å². The molecule has 3 rings (SSSR count). The second kappa shape index (κ2) is 8.34. The molecule has 1 heterocycles. The molecule has 0 spiro atoms. The van der Waals surface area contributed by atoms with Crippen molar-refractivity contribution in [2.75, 3.05) is 18.7 Å². The van der Waals surface area contributed by atoms with Crippen molar-refractivity contribution in [2.45, 2.75) is 6.92 Å². The third-order valence-electron chi connectivity index (χ3n) is 4.00.